The summed E-state index contributed by atoms with van der Waals surface area (Å²) in [6.45, 7) is 5.34. The number of esters is 1. The summed E-state index contributed by atoms with van der Waals surface area (Å²) in [4.78, 5) is 29.9. The van der Waals surface area contributed by atoms with Crippen molar-refractivity contribution in [2.24, 2.45) is 0 Å². The number of likely N-dealkylation sites (tertiary alicyclic amines) is 1. The number of aromatic nitrogens is 1. The van der Waals surface area contributed by atoms with Gasteiger partial charge >= 0.3 is 5.97 Å². The van der Waals surface area contributed by atoms with E-state index in [0.29, 0.717) is 42.3 Å². The third kappa shape index (κ3) is 2.93. The number of rotatable bonds is 3. The van der Waals surface area contributed by atoms with Gasteiger partial charge in [-0.25, -0.2) is 4.79 Å². The summed E-state index contributed by atoms with van der Waals surface area (Å²) in [7, 11) is 1.34. The number of hydrogen-bond donors (Lipinski definition) is 1. The average molecular weight is 336 g/mol. The number of nitrogens with zero attached hydrogens (tertiary/aromatic N) is 1. The van der Waals surface area contributed by atoms with Crippen LogP contribution in [0.3, 0.4) is 0 Å². The van der Waals surface area contributed by atoms with Crippen molar-refractivity contribution in [2.75, 3.05) is 26.9 Å². The zero-order valence-corrected chi connectivity index (χ0v) is 14.4. The van der Waals surface area contributed by atoms with E-state index in [4.69, 9.17) is 14.2 Å². The van der Waals surface area contributed by atoms with Gasteiger partial charge in [0.1, 0.15) is 5.69 Å². The molecule has 1 N–H and O–H groups in total. The normalized spacial score (nSPS) is 22.0. The van der Waals surface area contributed by atoms with E-state index in [2.05, 4.69) is 4.98 Å². The molecule has 1 atom stereocenters. The van der Waals surface area contributed by atoms with Gasteiger partial charge in [0.05, 0.1) is 31.9 Å². The van der Waals surface area contributed by atoms with Gasteiger partial charge in [0.15, 0.2) is 6.29 Å². The van der Waals surface area contributed by atoms with Gasteiger partial charge in [-0.3, -0.25) is 4.79 Å². The fourth-order valence-corrected chi connectivity index (χ4v) is 3.61. The molecular weight excluding hydrogens is 312 g/mol. The van der Waals surface area contributed by atoms with E-state index in [-0.39, 0.29) is 18.2 Å². The van der Waals surface area contributed by atoms with Crippen molar-refractivity contribution in [3.05, 3.63) is 22.5 Å². The summed E-state index contributed by atoms with van der Waals surface area (Å²) >= 11 is 0. The number of methoxy groups -OCH3 is 1. The van der Waals surface area contributed by atoms with E-state index >= 15 is 0 Å². The number of carbonyl (C=O) groups is 2. The zero-order chi connectivity index (χ0) is 17.3. The molecule has 0 aromatic carbocycles. The van der Waals surface area contributed by atoms with Crippen LogP contribution in [0.2, 0.25) is 0 Å². The molecule has 7 nitrogen and oxygen atoms in total. The summed E-state index contributed by atoms with van der Waals surface area (Å²) in [5.74, 6) is -0.549. The first-order valence-corrected chi connectivity index (χ1v) is 8.36. The van der Waals surface area contributed by atoms with Crippen molar-refractivity contribution < 1.29 is 23.8 Å². The Kier molecular flexibility index (Phi) is 4.91. The van der Waals surface area contributed by atoms with E-state index in [9.17, 15) is 9.59 Å². The molecule has 2 aliphatic heterocycles. The number of ether oxygens (including phenoxy) is 3. The number of nitrogens with one attached hydrogen (secondary N) is 1. The molecule has 1 unspecified atom stereocenters. The Bertz CT molecular complexity index is 633. The minimum atomic E-state index is -0.432. The van der Waals surface area contributed by atoms with Crippen molar-refractivity contribution in [3.8, 4) is 0 Å². The number of piperidine rings is 1. The third-order valence-electron chi connectivity index (χ3n) is 4.81. The molecule has 2 fully saturated rings. The van der Waals surface area contributed by atoms with Crippen LogP contribution in [0.25, 0.3) is 0 Å². The quantitative estimate of drug-likeness (QED) is 0.851. The molecule has 7 heteroatoms. The maximum atomic E-state index is 13.1. The molecule has 1 aromatic heterocycles. The SMILES string of the molecule is COC(=O)c1c(C)[nH]c(C(=O)N2CCCCC2C2OCCO2)c1C. The molecule has 1 amide bonds. The molecule has 24 heavy (non-hydrogen) atoms. The fraction of sp³-hybridized carbons (Fsp3) is 0.647. The first-order valence-electron chi connectivity index (χ1n) is 8.36. The standard InChI is InChI=1S/C17H24N2O5/c1-10-13(16(21)22-3)11(2)18-14(10)15(20)19-7-5-4-6-12(19)17-23-8-9-24-17/h12,17-18H,4-9H2,1-3H3. The second-order valence-corrected chi connectivity index (χ2v) is 6.29. The highest BCUT2D eigenvalue weighted by Crippen LogP contribution is 2.28. The van der Waals surface area contributed by atoms with Gasteiger partial charge in [-0.15, -0.1) is 0 Å². The van der Waals surface area contributed by atoms with Gasteiger partial charge in [0.25, 0.3) is 5.91 Å². The van der Waals surface area contributed by atoms with Crippen LogP contribution in [0.15, 0.2) is 0 Å². The zero-order valence-electron chi connectivity index (χ0n) is 14.4. The number of H-pyrrole nitrogens is 1. The minimum absolute atomic E-state index is 0.0849. The molecule has 3 rings (SSSR count). The molecule has 2 aliphatic rings. The predicted octanol–water partition coefficient (Wildman–Crippen LogP) is 1.79. The van der Waals surface area contributed by atoms with Gasteiger partial charge in [-0.1, -0.05) is 0 Å². The Labute approximate surface area is 141 Å². The summed E-state index contributed by atoms with van der Waals surface area (Å²) < 4.78 is 16.1. The molecule has 1 aromatic rings. The summed E-state index contributed by atoms with van der Waals surface area (Å²) in [5.41, 5.74) is 2.15. The Hall–Kier alpha value is -1.86. The first-order chi connectivity index (χ1) is 11.5. The summed E-state index contributed by atoms with van der Waals surface area (Å²) in [6.07, 6.45) is 2.51. The number of carbonyl (C=O) groups excluding carboxylic acids is 2. The van der Waals surface area contributed by atoms with E-state index in [1.807, 2.05) is 4.90 Å². The van der Waals surface area contributed by atoms with E-state index < -0.39 is 5.97 Å². The predicted molar refractivity (Wildman–Crippen MR) is 86.0 cm³/mol. The molecule has 0 aliphatic carbocycles. The maximum absolute atomic E-state index is 13.1. The van der Waals surface area contributed by atoms with Crippen LogP contribution < -0.4 is 0 Å². The first kappa shape index (κ1) is 17.0. The minimum Gasteiger partial charge on any atom is -0.465 e. The van der Waals surface area contributed by atoms with Gasteiger partial charge in [0.2, 0.25) is 0 Å². The van der Waals surface area contributed by atoms with Crippen LogP contribution in [0.5, 0.6) is 0 Å². The summed E-state index contributed by atoms with van der Waals surface area (Å²) in [5, 5.41) is 0. The summed E-state index contributed by atoms with van der Waals surface area (Å²) in [6, 6.07) is -0.0849. The smallest absolute Gasteiger partial charge is 0.339 e. The largest absolute Gasteiger partial charge is 0.465 e. The number of amides is 1. The van der Waals surface area contributed by atoms with Crippen LogP contribution in [-0.4, -0.2) is 61.0 Å². The van der Waals surface area contributed by atoms with Gasteiger partial charge in [0, 0.05) is 12.2 Å². The highest BCUT2D eigenvalue weighted by atomic mass is 16.7. The second-order valence-electron chi connectivity index (χ2n) is 6.29. The van der Waals surface area contributed by atoms with Crippen LogP contribution >= 0.6 is 0 Å². The highest BCUT2D eigenvalue weighted by Gasteiger charge is 2.38. The van der Waals surface area contributed by atoms with Crippen molar-refractivity contribution in [2.45, 2.75) is 45.4 Å². The van der Waals surface area contributed by atoms with Crippen LogP contribution in [0.4, 0.5) is 0 Å². The Morgan fingerprint density at radius 1 is 1.21 bits per heavy atom. The molecule has 0 bridgehead atoms. The van der Waals surface area contributed by atoms with Crippen molar-refractivity contribution in [3.63, 3.8) is 0 Å². The number of aromatic amines is 1. The van der Waals surface area contributed by atoms with E-state index in [1.54, 1.807) is 13.8 Å². The molecule has 2 saturated heterocycles. The van der Waals surface area contributed by atoms with Crippen LogP contribution in [0, 0.1) is 13.8 Å². The third-order valence-corrected chi connectivity index (χ3v) is 4.81. The van der Waals surface area contributed by atoms with Crippen LogP contribution in [-0.2, 0) is 14.2 Å². The lowest BCUT2D eigenvalue weighted by Crippen LogP contribution is -2.50. The molecule has 0 spiro atoms. The molecule has 0 radical (unpaired) electrons. The highest BCUT2D eigenvalue weighted by molar-refractivity contribution is 6.00. The lowest BCUT2D eigenvalue weighted by atomic mass is 10.0. The second kappa shape index (κ2) is 6.94. The monoisotopic (exact) mass is 336 g/mol. The topological polar surface area (TPSA) is 80.9 Å². The fourth-order valence-electron chi connectivity index (χ4n) is 3.61. The molecule has 3 heterocycles. The van der Waals surface area contributed by atoms with Crippen molar-refractivity contribution >= 4 is 11.9 Å². The van der Waals surface area contributed by atoms with Crippen molar-refractivity contribution in [1.82, 2.24) is 9.88 Å². The lowest BCUT2D eigenvalue weighted by molar-refractivity contribution is -0.100. The van der Waals surface area contributed by atoms with E-state index in [1.165, 1.54) is 7.11 Å². The Balaban J connectivity index is 1.88. The number of aryl methyl sites for hydroxylation is 1. The Morgan fingerprint density at radius 3 is 2.58 bits per heavy atom. The van der Waals surface area contributed by atoms with Gasteiger partial charge in [-0.2, -0.15) is 0 Å². The molecular formula is C17H24N2O5. The average Bonchev–Trinajstić information content (AvgIpc) is 3.22. The van der Waals surface area contributed by atoms with Crippen molar-refractivity contribution in [1.29, 1.82) is 0 Å². The lowest BCUT2D eigenvalue weighted by Gasteiger charge is -2.37. The molecule has 0 saturated carbocycles. The van der Waals surface area contributed by atoms with E-state index in [0.717, 1.165) is 19.3 Å². The number of hydrogen-bond acceptors (Lipinski definition) is 5. The Morgan fingerprint density at radius 2 is 1.92 bits per heavy atom. The van der Waals surface area contributed by atoms with Gasteiger partial charge < -0.3 is 24.1 Å². The van der Waals surface area contributed by atoms with Gasteiger partial charge in [-0.05, 0) is 38.7 Å². The molecule has 132 valence electrons. The maximum Gasteiger partial charge on any atom is 0.339 e. The van der Waals surface area contributed by atoms with Crippen LogP contribution in [0.1, 0.15) is 51.4 Å².